The Morgan fingerprint density at radius 2 is 2.04 bits per heavy atom. The Morgan fingerprint density at radius 1 is 1.16 bits per heavy atom. The van der Waals surface area contributed by atoms with E-state index < -0.39 is 0 Å². The van der Waals surface area contributed by atoms with Crippen molar-refractivity contribution in [3.05, 3.63) is 41.6 Å². The number of hydrogen-bond donors (Lipinski definition) is 0. The molecule has 3 aliphatic rings. The van der Waals surface area contributed by atoms with Crippen molar-refractivity contribution in [1.82, 2.24) is 14.7 Å². The Labute approximate surface area is 148 Å². The number of aromatic nitrogens is 2. The molecule has 0 saturated heterocycles. The number of nitrogens with zero attached hydrogens (tertiary/aromatic N) is 3. The first-order valence-corrected chi connectivity index (χ1v) is 9.72. The first kappa shape index (κ1) is 15.6. The Bertz CT molecular complexity index is 701. The topological polar surface area (TPSA) is 43.4 Å². The van der Waals surface area contributed by atoms with Crippen LogP contribution in [0.5, 0.6) is 0 Å². The molecular formula is C20H27N3O2. The van der Waals surface area contributed by atoms with Gasteiger partial charge < -0.3 is 9.15 Å². The molecule has 0 spiro atoms. The van der Waals surface area contributed by atoms with E-state index in [0.717, 1.165) is 57.0 Å². The van der Waals surface area contributed by atoms with Gasteiger partial charge in [-0.05, 0) is 49.7 Å². The minimum Gasteiger partial charge on any atom is -0.468 e. The van der Waals surface area contributed by atoms with Crippen molar-refractivity contribution in [3.8, 4) is 0 Å². The molecule has 5 heteroatoms. The van der Waals surface area contributed by atoms with Crippen molar-refractivity contribution >= 4 is 0 Å². The first-order chi connectivity index (χ1) is 12.3. The zero-order valence-corrected chi connectivity index (χ0v) is 14.8. The summed E-state index contributed by atoms with van der Waals surface area (Å²) >= 11 is 0. The molecule has 1 aliphatic heterocycles. The average molecular weight is 341 g/mol. The normalized spacial score (nSPS) is 23.8. The van der Waals surface area contributed by atoms with E-state index in [4.69, 9.17) is 14.3 Å². The number of hydrogen-bond acceptors (Lipinski definition) is 4. The number of furan rings is 1. The van der Waals surface area contributed by atoms with Gasteiger partial charge in [0.1, 0.15) is 5.76 Å². The molecule has 2 aliphatic carbocycles. The van der Waals surface area contributed by atoms with Crippen molar-refractivity contribution in [2.24, 2.45) is 11.8 Å². The first-order valence-electron chi connectivity index (χ1n) is 9.72. The number of ether oxygens (including phenoxy) is 1. The van der Waals surface area contributed by atoms with Gasteiger partial charge in [0.2, 0.25) is 0 Å². The molecule has 2 fully saturated rings. The van der Waals surface area contributed by atoms with Crippen LogP contribution in [0.3, 0.4) is 0 Å². The predicted molar refractivity (Wildman–Crippen MR) is 94.1 cm³/mol. The third-order valence-electron chi connectivity index (χ3n) is 5.60. The SMILES string of the molecule is c1coc(CN2Cc3cn(CC4CC4)nc3[C@@H](COCC3CC3)C2)c1. The maximum absolute atomic E-state index is 6.04. The molecule has 0 bridgehead atoms. The fourth-order valence-electron chi connectivity index (χ4n) is 3.84. The van der Waals surface area contributed by atoms with Gasteiger partial charge in [-0.1, -0.05) is 0 Å². The van der Waals surface area contributed by atoms with Crippen LogP contribution < -0.4 is 0 Å². The minimum absolute atomic E-state index is 0.373. The summed E-state index contributed by atoms with van der Waals surface area (Å²) in [7, 11) is 0. The monoisotopic (exact) mass is 341 g/mol. The summed E-state index contributed by atoms with van der Waals surface area (Å²) < 4.78 is 13.8. The van der Waals surface area contributed by atoms with Crippen LogP contribution >= 0.6 is 0 Å². The van der Waals surface area contributed by atoms with Crippen molar-refractivity contribution < 1.29 is 9.15 Å². The van der Waals surface area contributed by atoms with Crippen molar-refractivity contribution in [1.29, 1.82) is 0 Å². The second-order valence-electron chi connectivity index (χ2n) is 8.13. The third-order valence-corrected chi connectivity index (χ3v) is 5.60. The average Bonchev–Trinajstić information content (AvgIpc) is 3.49. The Kier molecular flexibility index (Phi) is 4.14. The van der Waals surface area contributed by atoms with E-state index in [1.54, 1.807) is 6.26 Å². The molecule has 0 radical (unpaired) electrons. The molecule has 2 saturated carbocycles. The second kappa shape index (κ2) is 6.61. The van der Waals surface area contributed by atoms with E-state index in [1.165, 1.54) is 36.9 Å². The molecule has 0 aromatic carbocycles. The summed E-state index contributed by atoms with van der Waals surface area (Å²) in [4.78, 5) is 2.47. The van der Waals surface area contributed by atoms with Gasteiger partial charge >= 0.3 is 0 Å². The van der Waals surface area contributed by atoms with Crippen LogP contribution in [0.15, 0.2) is 29.0 Å². The molecule has 134 valence electrons. The lowest BCUT2D eigenvalue weighted by atomic mass is 9.97. The van der Waals surface area contributed by atoms with Gasteiger partial charge in [-0.25, -0.2) is 0 Å². The van der Waals surface area contributed by atoms with E-state index in [0.29, 0.717) is 5.92 Å². The van der Waals surface area contributed by atoms with Crippen LogP contribution in [0.4, 0.5) is 0 Å². The molecule has 0 N–H and O–H groups in total. The molecule has 5 rings (SSSR count). The standard InChI is InChI=1S/C20H27N3O2/c1-2-19(25-7-1)12-22-9-17-11-23(8-15-3-4-15)21-20(17)18(10-22)14-24-13-16-5-6-16/h1-2,7,11,15-16,18H,3-6,8-10,12-14H2/t18-/m1/s1. The van der Waals surface area contributed by atoms with Gasteiger partial charge in [0.25, 0.3) is 0 Å². The summed E-state index contributed by atoms with van der Waals surface area (Å²) in [6.45, 7) is 5.62. The van der Waals surface area contributed by atoms with Crippen LogP contribution in [0, 0.1) is 11.8 Å². The molecule has 1 atom stereocenters. The summed E-state index contributed by atoms with van der Waals surface area (Å²) in [5.74, 6) is 3.07. The highest BCUT2D eigenvalue weighted by atomic mass is 16.5. The van der Waals surface area contributed by atoms with Crippen LogP contribution in [-0.4, -0.2) is 34.4 Å². The van der Waals surface area contributed by atoms with E-state index >= 15 is 0 Å². The Hall–Kier alpha value is -1.59. The van der Waals surface area contributed by atoms with Crippen LogP contribution in [0.25, 0.3) is 0 Å². The molecule has 2 aromatic rings. The lowest BCUT2D eigenvalue weighted by Crippen LogP contribution is -2.34. The molecular weight excluding hydrogens is 314 g/mol. The number of rotatable bonds is 8. The summed E-state index contributed by atoms with van der Waals surface area (Å²) in [6, 6.07) is 4.03. The molecule has 3 heterocycles. The smallest absolute Gasteiger partial charge is 0.117 e. The van der Waals surface area contributed by atoms with E-state index in [-0.39, 0.29) is 0 Å². The zero-order valence-electron chi connectivity index (χ0n) is 14.8. The van der Waals surface area contributed by atoms with Crippen molar-refractivity contribution in [3.63, 3.8) is 0 Å². The molecule has 0 unspecified atom stereocenters. The lowest BCUT2D eigenvalue weighted by molar-refractivity contribution is 0.0864. The summed E-state index contributed by atoms with van der Waals surface area (Å²) in [5, 5.41) is 4.94. The van der Waals surface area contributed by atoms with Crippen LogP contribution in [-0.2, 0) is 24.4 Å². The van der Waals surface area contributed by atoms with Crippen LogP contribution in [0.1, 0.15) is 48.6 Å². The van der Waals surface area contributed by atoms with Gasteiger partial charge in [0.05, 0.1) is 25.1 Å². The van der Waals surface area contributed by atoms with Gasteiger partial charge in [-0.2, -0.15) is 5.10 Å². The molecule has 25 heavy (non-hydrogen) atoms. The van der Waals surface area contributed by atoms with Gasteiger partial charge in [0, 0.05) is 43.9 Å². The summed E-state index contributed by atoms with van der Waals surface area (Å²) in [6.07, 6.45) is 9.45. The summed E-state index contributed by atoms with van der Waals surface area (Å²) in [5.41, 5.74) is 2.64. The molecule has 0 amide bonds. The lowest BCUT2D eigenvalue weighted by Gasteiger charge is -2.31. The maximum Gasteiger partial charge on any atom is 0.117 e. The fraction of sp³-hybridized carbons (Fsp3) is 0.650. The highest BCUT2D eigenvalue weighted by Crippen LogP contribution is 2.34. The predicted octanol–water partition coefficient (Wildman–Crippen LogP) is 3.41. The minimum atomic E-state index is 0.373. The Morgan fingerprint density at radius 3 is 2.80 bits per heavy atom. The van der Waals surface area contributed by atoms with Crippen molar-refractivity contribution in [2.75, 3.05) is 19.8 Å². The quantitative estimate of drug-likeness (QED) is 0.738. The van der Waals surface area contributed by atoms with Crippen LogP contribution in [0.2, 0.25) is 0 Å². The Balaban J connectivity index is 1.30. The van der Waals surface area contributed by atoms with E-state index in [9.17, 15) is 0 Å². The molecule has 5 nitrogen and oxygen atoms in total. The van der Waals surface area contributed by atoms with Gasteiger partial charge in [0.15, 0.2) is 0 Å². The van der Waals surface area contributed by atoms with Gasteiger partial charge in [-0.15, -0.1) is 0 Å². The third kappa shape index (κ3) is 3.82. The van der Waals surface area contributed by atoms with E-state index in [1.807, 2.05) is 6.07 Å². The zero-order chi connectivity index (χ0) is 16.6. The second-order valence-corrected chi connectivity index (χ2v) is 8.13. The molecule has 2 aromatic heterocycles. The highest BCUT2D eigenvalue weighted by molar-refractivity contribution is 5.25. The largest absolute Gasteiger partial charge is 0.468 e. The fourth-order valence-corrected chi connectivity index (χ4v) is 3.84. The highest BCUT2D eigenvalue weighted by Gasteiger charge is 2.31. The maximum atomic E-state index is 6.04. The van der Waals surface area contributed by atoms with Gasteiger partial charge in [-0.3, -0.25) is 9.58 Å². The number of fused-ring (bicyclic) bond motifs is 1. The van der Waals surface area contributed by atoms with Crippen molar-refractivity contribution in [2.45, 2.75) is 51.2 Å². The van der Waals surface area contributed by atoms with E-state index in [2.05, 4.69) is 21.8 Å².